The van der Waals surface area contributed by atoms with E-state index in [4.69, 9.17) is 9.68 Å². The molecule has 0 atom stereocenters. The number of carbonyl (C=O) groups excluding carboxylic acids is 1. The number of aryl methyl sites for hydroxylation is 1. The van der Waals surface area contributed by atoms with Crippen LogP contribution in [0.4, 0.5) is 0 Å². The molecule has 22 heavy (non-hydrogen) atoms. The zero-order chi connectivity index (χ0) is 15.5. The predicted octanol–water partition coefficient (Wildman–Crippen LogP) is 4.49. The fourth-order valence-electron chi connectivity index (χ4n) is 2.60. The summed E-state index contributed by atoms with van der Waals surface area (Å²) in [5, 5.41) is 9.81. The second kappa shape index (κ2) is 5.87. The Kier molecular flexibility index (Phi) is 3.76. The average molecular weight is 289 g/mol. The first-order chi connectivity index (χ1) is 10.7. The number of nitriles is 1. The van der Waals surface area contributed by atoms with Gasteiger partial charge in [0, 0.05) is 17.4 Å². The number of hydrogen-bond acceptors (Lipinski definition) is 3. The van der Waals surface area contributed by atoms with Crippen molar-refractivity contribution in [2.45, 2.75) is 19.8 Å². The smallest absolute Gasteiger partial charge is 0.197 e. The van der Waals surface area contributed by atoms with Crippen molar-refractivity contribution in [3.05, 3.63) is 71.0 Å². The zero-order valence-corrected chi connectivity index (χ0v) is 12.3. The Morgan fingerprint density at radius 2 is 1.95 bits per heavy atom. The number of rotatable bonds is 4. The van der Waals surface area contributed by atoms with Gasteiger partial charge in [0.2, 0.25) is 0 Å². The Morgan fingerprint density at radius 3 is 2.64 bits per heavy atom. The third-order valence-electron chi connectivity index (χ3n) is 3.63. The van der Waals surface area contributed by atoms with Crippen molar-refractivity contribution in [3.8, 4) is 6.07 Å². The van der Waals surface area contributed by atoms with Crippen LogP contribution < -0.4 is 0 Å². The van der Waals surface area contributed by atoms with Gasteiger partial charge in [-0.1, -0.05) is 37.3 Å². The van der Waals surface area contributed by atoms with Crippen LogP contribution in [0.2, 0.25) is 0 Å². The lowest BCUT2D eigenvalue weighted by atomic mass is 9.98. The van der Waals surface area contributed by atoms with Crippen LogP contribution in [0.25, 0.3) is 11.0 Å². The molecule has 3 nitrogen and oxygen atoms in total. The van der Waals surface area contributed by atoms with E-state index in [-0.39, 0.29) is 5.78 Å². The minimum atomic E-state index is -0.0575. The highest BCUT2D eigenvalue weighted by Gasteiger charge is 2.21. The van der Waals surface area contributed by atoms with Gasteiger partial charge >= 0.3 is 0 Å². The van der Waals surface area contributed by atoms with E-state index in [0.29, 0.717) is 34.5 Å². The quantitative estimate of drug-likeness (QED) is 0.665. The highest BCUT2D eigenvalue weighted by atomic mass is 16.3. The molecule has 0 spiro atoms. The molecule has 0 unspecified atom stereocenters. The topological polar surface area (TPSA) is 54.0 Å². The lowest BCUT2D eigenvalue weighted by Crippen LogP contribution is -2.03. The van der Waals surface area contributed by atoms with Gasteiger partial charge in [0.25, 0.3) is 0 Å². The van der Waals surface area contributed by atoms with Gasteiger partial charge in [-0.2, -0.15) is 5.26 Å². The summed E-state index contributed by atoms with van der Waals surface area (Å²) in [4.78, 5) is 12.9. The lowest BCUT2D eigenvalue weighted by Gasteiger charge is -2.02. The van der Waals surface area contributed by atoms with Crippen molar-refractivity contribution in [2.75, 3.05) is 0 Å². The van der Waals surface area contributed by atoms with Crippen LogP contribution in [0.15, 0.2) is 52.9 Å². The van der Waals surface area contributed by atoms with Crippen molar-refractivity contribution >= 4 is 16.8 Å². The van der Waals surface area contributed by atoms with Gasteiger partial charge in [-0.05, 0) is 24.6 Å². The van der Waals surface area contributed by atoms with Crippen molar-refractivity contribution < 1.29 is 9.21 Å². The molecular weight excluding hydrogens is 274 g/mol. The second-order valence-electron chi connectivity index (χ2n) is 5.17. The van der Waals surface area contributed by atoms with E-state index in [1.54, 1.807) is 30.3 Å². The monoisotopic (exact) mass is 289 g/mol. The molecule has 0 saturated heterocycles. The largest absolute Gasteiger partial charge is 0.460 e. The second-order valence-corrected chi connectivity index (χ2v) is 5.17. The number of carbonyl (C=O) groups is 1. The van der Waals surface area contributed by atoms with E-state index in [1.807, 2.05) is 25.1 Å². The number of furan rings is 1. The Hall–Kier alpha value is -2.86. The lowest BCUT2D eigenvalue weighted by molar-refractivity contribution is 0.103. The SMILES string of the molecule is CCCc1oc2ccc(C#N)cc2c1C(=O)c1ccccc1. The minimum absolute atomic E-state index is 0.0575. The summed E-state index contributed by atoms with van der Waals surface area (Å²) in [6, 6.07) is 16.5. The van der Waals surface area contributed by atoms with Gasteiger partial charge in [-0.25, -0.2) is 0 Å². The van der Waals surface area contributed by atoms with Crippen LogP contribution in [0.3, 0.4) is 0 Å². The number of hydrogen-bond donors (Lipinski definition) is 0. The molecule has 3 heteroatoms. The van der Waals surface area contributed by atoms with E-state index < -0.39 is 0 Å². The molecule has 1 aromatic heterocycles. The first kappa shape index (κ1) is 14.1. The Balaban J connectivity index is 2.23. The van der Waals surface area contributed by atoms with E-state index in [1.165, 1.54) is 0 Å². The van der Waals surface area contributed by atoms with Crippen molar-refractivity contribution in [1.82, 2.24) is 0 Å². The molecule has 0 aliphatic heterocycles. The van der Waals surface area contributed by atoms with Crippen molar-refractivity contribution in [2.24, 2.45) is 0 Å². The minimum Gasteiger partial charge on any atom is -0.460 e. The summed E-state index contributed by atoms with van der Waals surface area (Å²) in [6.45, 7) is 2.05. The molecule has 108 valence electrons. The van der Waals surface area contributed by atoms with E-state index in [9.17, 15) is 4.79 Å². The van der Waals surface area contributed by atoms with Gasteiger partial charge in [0.05, 0.1) is 17.2 Å². The third-order valence-corrected chi connectivity index (χ3v) is 3.63. The number of fused-ring (bicyclic) bond motifs is 1. The maximum absolute atomic E-state index is 12.9. The zero-order valence-electron chi connectivity index (χ0n) is 12.3. The normalized spacial score (nSPS) is 10.5. The van der Waals surface area contributed by atoms with E-state index in [2.05, 4.69) is 6.07 Å². The summed E-state index contributed by atoms with van der Waals surface area (Å²) < 4.78 is 5.85. The van der Waals surface area contributed by atoms with Gasteiger partial charge < -0.3 is 4.42 Å². The first-order valence-electron chi connectivity index (χ1n) is 7.30. The van der Waals surface area contributed by atoms with Crippen LogP contribution in [0, 0.1) is 11.3 Å². The first-order valence-corrected chi connectivity index (χ1v) is 7.30. The molecule has 0 bridgehead atoms. The Labute approximate surface area is 128 Å². The van der Waals surface area contributed by atoms with Crippen LogP contribution >= 0.6 is 0 Å². The Morgan fingerprint density at radius 1 is 1.18 bits per heavy atom. The number of ketones is 1. The molecule has 0 fully saturated rings. The highest BCUT2D eigenvalue weighted by molar-refractivity contribution is 6.17. The van der Waals surface area contributed by atoms with Gasteiger partial charge in [0.15, 0.2) is 5.78 Å². The van der Waals surface area contributed by atoms with Crippen LogP contribution in [-0.2, 0) is 6.42 Å². The van der Waals surface area contributed by atoms with Gasteiger partial charge in [-0.15, -0.1) is 0 Å². The van der Waals surface area contributed by atoms with Crippen LogP contribution in [0.1, 0.15) is 40.6 Å². The average Bonchev–Trinajstić information content (AvgIpc) is 2.92. The summed E-state index contributed by atoms with van der Waals surface area (Å²) in [5.74, 6) is 0.638. The molecule has 0 saturated carbocycles. The van der Waals surface area contributed by atoms with Crippen molar-refractivity contribution in [3.63, 3.8) is 0 Å². The molecule has 2 aromatic carbocycles. The van der Waals surface area contributed by atoms with Crippen molar-refractivity contribution in [1.29, 1.82) is 5.26 Å². The maximum atomic E-state index is 12.9. The van der Waals surface area contributed by atoms with Crippen LogP contribution in [-0.4, -0.2) is 5.78 Å². The number of benzene rings is 2. The third kappa shape index (κ3) is 2.40. The number of nitrogens with zero attached hydrogens (tertiary/aromatic N) is 1. The van der Waals surface area contributed by atoms with Crippen LogP contribution in [0.5, 0.6) is 0 Å². The fourth-order valence-corrected chi connectivity index (χ4v) is 2.60. The molecule has 0 radical (unpaired) electrons. The Bertz CT molecular complexity index is 870. The van der Waals surface area contributed by atoms with Gasteiger partial charge in [-0.3, -0.25) is 4.79 Å². The molecule has 0 aliphatic rings. The van der Waals surface area contributed by atoms with E-state index >= 15 is 0 Å². The standard InChI is InChI=1S/C19H15NO2/c1-2-6-17-18(19(21)14-7-4-3-5-8-14)15-11-13(12-20)9-10-16(15)22-17/h3-5,7-11H,2,6H2,1H3. The molecular formula is C19H15NO2. The molecule has 3 rings (SSSR count). The summed E-state index contributed by atoms with van der Waals surface area (Å²) in [5.41, 5.74) is 2.39. The molecule has 0 amide bonds. The molecule has 3 aromatic rings. The molecule has 0 aliphatic carbocycles. The molecule has 0 N–H and O–H groups in total. The van der Waals surface area contributed by atoms with E-state index in [0.717, 1.165) is 11.8 Å². The summed E-state index contributed by atoms with van der Waals surface area (Å²) in [6.07, 6.45) is 1.59. The summed E-state index contributed by atoms with van der Waals surface area (Å²) >= 11 is 0. The van der Waals surface area contributed by atoms with Gasteiger partial charge in [0.1, 0.15) is 11.3 Å². The molecule has 1 heterocycles. The fraction of sp³-hybridized carbons (Fsp3) is 0.158. The highest BCUT2D eigenvalue weighted by Crippen LogP contribution is 2.30. The predicted molar refractivity (Wildman–Crippen MR) is 84.8 cm³/mol. The maximum Gasteiger partial charge on any atom is 0.197 e. The summed E-state index contributed by atoms with van der Waals surface area (Å²) in [7, 11) is 0.